The molecule has 19 heavy (non-hydrogen) atoms. The Bertz CT molecular complexity index is 642. The Morgan fingerprint density at radius 3 is 2.89 bits per heavy atom. The highest BCUT2D eigenvalue weighted by Gasteiger charge is 2.17. The number of azide groups is 1. The molecule has 0 spiro atoms. The molecular formula is C13H14N4O2. The van der Waals surface area contributed by atoms with Crippen molar-refractivity contribution in [3.05, 3.63) is 45.5 Å². The summed E-state index contributed by atoms with van der Waals surface area (Å²) < 4.78 is 10.5. The first kappa shape index (κ1) is 13.0. The molecule has 0 fully saturated rings. The van der Waals surface area contributed by atoms with Crippen LogP contribution >= 0.6 is 0 Å². The van der Waals surface area contributed by atoms with Gasteiger partial charge in [-0.05, 0) is 31.5 Å². The molecule has 0 unspecified atom stereocenters. The first-order chi connectivity index (χ1) is 9.17. The second-order valence-electron chi connectivity index (χ2n) is 4.16. The molecule has 1 aromatic carbocycles. The second kappa shape index (κ2) is 5.46. The number of hydrogen-bond donors (Lipinski definition) is 0. The molecule has 6 heteroatoms. The molecule has 1 heterocycles. The van der Waals surface area contributed by atoms with Gasteiger partial charge in [0, 0.05) is 16.0 Å². The van der Waals surface area contributed by atoms with Gasteiger partial charge in [0.25, 0.3) is 0 Å². The molecule has 0 saturated carbocycles. The number of rotatable bonds is 4. The summed E-state index contributed by atoms with van der Waals surface area (Å²) in [4.78, 5) is 2.77. The number of aromatic nitrogens is 1. The van der Waals surface area contributed by atoms with Crippen LogP contribution in [0.2, 0.25) is 0 Å². The standard InChI is InChI=1S/C13H14N4O2/c1-8-4-5-12(18-3)10(6-8)13-11(7-15-17-14)9(2)19-16-13/h4-6H,7H2,1-3H3. The molecule has 0 saturated heterocycles. The van der Waals surface area contributed by atoms with Crippen molar-refractivity contribution in [2.24, 2.45) is 5.11 Å². The van der Waals surface area contributed by atoms with Crippen molar-refractivity contribution in [2.45, 2.75) is 20.4 Å². The van der Waals surface area contributed by atoms with E-state index in [1.165, 1.54) is 0 Å². The number of hydrogen-bond acceptors (Lipinski definition) is 4. The highest BCUT2D eigenvalue weighted by Crippen LogP contribution is 2.33. The zero-order chi connectivity index (χ0) is 13.8. The molecule has 98 valence electrons. The fourth-order valence-electron chi connectivity index (χ4n) is 1.90. The van der Waals surface area contributed by atoms with Gasteiger partial charge in [0.2, 0.25) is 0 Å². The van der Waals surface area contributed by atoms with Gasteiger partial charge in [-0.25, -0.2) is 0 Å². The van der Waals surface area contributed by atoms with E-state index in [9.17, 15) is 0 Å². The molecule has 0 atom stereocenters. The van der Waals surface area contributed by atoms with Crippen LogP contribution in [0.3, 0.4) is 0 Å². The third-order valence-electron chi connectivity index (χ3n) is 2.89. The van der Waals surface area contributed by atoms with Crippen molar-refractivity contribution in [3.63, 3.8) is 0 Å². The molecule has 0 amide bonds. The highest BCUT2D eigenvalue weighted by molar-refractivity contribution is 5.71. The van der Waals surface area contributed by atoms with Crippen molar-refractivity contribution in [1.82, 2.24) is 5.16 Å². The van der Waals surface area contributed by atoms with E-state index in [0.29, 0.717) is 17.2 Å². The number of benzene rings is 1. The largest absolute Gasteiger partial charge is 0.496 e. The van der Waals surface area contributed by atoms with E-state index < -0.39 is 0 Å². The predicted molar refractivity (Wildman–Crippen MR) is 70.8 cm³/mol. The third-order valence-corrected chi connectivity index (χ3v) is 2.89. The van der Waals surface area contributed by atoms with Crippen molar-refractivity contribution >= 4 is 0 Å². The topological polar surface area (TPSA) is 84.0 Å². The monoisotopic (exact) mass is 258 g/mol. The van der Waals surface area contributed by atoms with Gasteiger partial charge in [-0.15, -0.1) is 0 Å². The maximum absolute atomic E-state index is 8.44. The van der Waals surface area contributed by atoms with Crippen LogP contribution < -0.4 is 4.74 Å². The Morgan fingerprint density at radius 1 is 1.42 bits per heavy atom. The Hall–Kier alpha value is -2.46. The van der Waals surface area contributed by atoms with E-state index in [0.717, 1.165) is 16.7 Å². The lowest BCUT2D eigenvalue weighted by atomic mass is 10.0. The Kier molecular flexibility index (Phi) is 3.73. The van der Waals surface area contributed by atoms with E-state index in [1.54, 1.807) is 14.0 Å². The molecule has 0 radical (unpaired) electrons. The Balaban J connectivity index is 2.58. The van der Waals surface area contributed by atoms with Gasteiger partial charge in [-0.3, -0.25) is 0 Å². The summed E-state index contributed by atoms with van der Waals surface area (Å²) >= 11 is 0. The minimum atomic E-state index is 0.207. The van der Waals surface area contributed by atoms with Gasteiger partial charge < -0.3 is 9.26 Å². The number of nitrogens with zero attached hydrogens (tertiary/aromatic N) is 4. The minimum absolute atomic E-state index is 0.207. The molecule has 0 aliphatic heterocycles. The van der Waals surface area contributed by atoms with Crippen molar-refractivity contribution in [1.29, 1.82) is 0 Å². The van der Waals surface area contributed by atoms with Crippen LogP contribution in [0.15, 0.2) is 27.8 Å². The first-order valence-corrected chi connectivity index (χ1v) is 5.78. The molecule has 2 aromatic rings. The van der Waals surface area contributed by atoms with E-state index >= 15 is 0 Å². The molecule has 0 bridgehead atoms. The van der Waals surface area contributed by atoms with Crippen LogP contribution in [0.1, 0.15) is 16.9 Å². The van der Waals surface area contributed by atoms with Crippen LogP contribution in [0.4, 0.5) is 0 Å². The van der Waals surface area contributed by atoms with Gasteiger partial charge in [0.1, 0.15) is 17.2 Å². The summed E-state index contributed by atoms with van der Waals surface area (Å²) in [5.41, 5.74) is 11.8. The van der Waals surface area contributed by atoms with E-state index in [1.807, 2.05) is 25.1 Å². The fourth-order valence-corrected chi connectivity index (χ4v) is 1.90. The summed E-state index contributed by atoms with van der Waals surface area (Å²) in [5, 5.41) is 7.63. The van der Waals surface area contributed by atoms with Gasteiger partial charge in [0.05, 0.1) is 13.7 Å². The van der Waals surface area contributed by atoms with E-state index in [4.69, 9.17) is 14.8 Å². The molecule has 1 aromatic heterocycles. The average Bonchev–Trinajstić information content (AvgIpc) is 2.77. The summed E-state index contributed by atoms with van der Waals surface area (Å²) in [7, 11) is 1.61. The van der Waals surface area contributed by atoms with Crippen molar-refractivity contribution in [3.8, 4) is 17.0 Å². The van der Waals surface area contributed by atoms with E-state index in [-0.39, 0.29) is 6.54 Å². The number of aryl methyl sites for hydroxylation is 2. The lowest BCUT2D eigenvalue weighted by Crippen LogP contribution is -1.92. The SMILES string of the molecule is COc1ccc(C)cc1-c1noc(C)c1CN=[N+]=[N-]. The summed E-state index contributed by atoms with van der Waals surface area (Å²) in [6, 6.07) is 5.81. The van der Waals surface area contributed by atoms with Crippen LogP contribution in [-0.2, 0) is 6.54 Å². The first-order valence-electron chi connectivity index (χ1n) is 5.78. The Morgan fingerprint density at radius 2 is 2.21 bits per heavy atom. The zero-order valence-electron chi connectivity index (χ0n) is 11.0. The molecule has 0 aliphatic carbocycles. The second-order valence-corrected chi connectivity index (χ2v) is 4.16. The quantitative estimate of drug-likeness (QED) is 0.475. The number of methoxy groups -OCH3 is 1. The third kappa shape index (κ3) is 2.53. The van der Waals surface area contributed by atoms with Gasteiger partial charge >= 0.3 is 0 Å². The molecule has 0 aliphatic rings. The van der Waals surface area contributed by atoms with E-state index in [2.05, 4.69) is 15.2 Å². The van der Waals surface area contributed by atoms with Crippen LogP contribution in [0.25, 0.3) is 21.7 Å². The zero-order valence-corrected chi connectivity index (χ0v) is 11.0. The predicted octanol–water partition coefficient (Wildman–Crippen LogP) is 3.78. The normalized spacial score (nSPS) is 10.1. The smallest absolute Gasteiger partial charge is 0.137 e. The molecule has 0 N–H and O–H groups in total. The summed E-state index contributed by atoms with van der Waals surface area (Å²) in [5.74, 6) is 1.35. The van der Waals surface area contributed by atoms with Crippen molar-refractivity contribution < 1.29 is 9.26 Å². The average molecular weight is 258 g/mol. The van der Waals surface area contributed by atoms with Gasteiger partial charge in [0.15, 0.2) is 0 Å². The number of ether oxygens (including phenoxy) is 1. The Labute approximate surface area is 110 Å². The molecule has 6 nitrogen and oxygen atoms in total. The highest BCUT2D eigenvalue weighted by atomic mass is 16.5. The van der Waals surface area contributed by atoms with Crippen LogP contribution in [0, 0.1) is 13.8 Å². The molecular weight excluding hydrogens is 244 g/mol. The maximum Gasteiger partial charge on any atom is 0.137 e. The summed E-state index contributed by atoms with van der Waals surface area (Å²) in [6.07, 6.45) is 0. The fraction of sp³-hybridized carbons (Fsp3) is 0.308. The minimum Gasteiger partial charge on any atom is -0.496 e. The summed E-state index contributed by atoms with van der Waals surface area (Å²) in [6.45, 7) is 3.99. The van der Waals surface area contributed by atoms with Crippen LogP contribution in [-0.4, -0.2) is 12.3 Å². The van der Waals surface area contributed by atoms with Gasteiger partial charge in [-0.2, -0.15) is 0 Å². The lowest BCUT2D eigenvalue weighted by Gasteiger charge is -2.08. The van der Waals surface area contributed by atoms with Gasteiger partial charge in [-0.1, -0.05) is 21.9 Å². The lowest BCUT2D eigenvalue weighted by molar-refractivity contribution is 0.396. The van der Waals surface area contributed by atoms with Crippen LogP contribution in [0.5, 0.6) is 5.75 Å². The van der Waals surface area contributed by atoms with Crippen molar-refractivity contribution in [2.75, 3.05) is 7.11 Å². The maximum atomic E-state index is 8.44. The molecule has 2 rings (SSSR count).